The number of benzene rings is 1. The molecule has 1 atom stereocenters. The van der Waals surface area contributed by atoms with E-state index in [0.717, 1.165) is 50.6 Å². The maximum atomic E-state index is 13.3. The second kappa shape index (κ2) is 12.5. The van der Waals surface area contributed by atoms with Crippen LogP contribution in [0.4, 0.5) is 11.4 Å². The molecule has 0 radical (unpaired) electrons. The van der Waals surface area contributed by atoms with E-state index in [0.29, 0.717) is 43.0 Å². The third-order valence-corrected chi connectivity index (χ3v) is 8.12. The number of nitrogens with zero attached hydrogens (tertiary/aromatic N) is 3. The van der Waals surface area contributed by atoms with E-state index in [2.05, 4.69) is 20.5 Å². The van der Waals surface area contributed by atoms with Gasteiger partial charge in [0.1, 0.15) is 0 Å². The third-order valence-electron chi connectivity index (χ3n) is 8.12. The maximum absolute atomic E-state index is 13.3. The van der Waals surface area contributed by atoms with E-state index in [4.69, 9.17) is 0 Å². The molecule has 5 rings (SSSR count). The number of nitrogens with one attached hydrogen (secondary N) is 2. The van der Waals surface area contributed by atoms with E-state index < -0.39 is 17.9 Å². The summed E-state index contributed by atoms with van der Waals surface area (Å²) in [5.74, 6) is -1.15. The number of hydrogen-bond acceptors (Lipinski definition) is 6. The lowest BCUT2D eigenvalue weighted by molar-refractivity contribution is -0.137. The normalized spacial score (nSPS) is 18.6. The topological polar surface area (TPSA) is 132 Å². The molecule has 0 spiro atoms. The molecule has 10 heteroatoms. The molecule has 1 saturated heterocycles. The van der Waals surface area contributed by atoms with Crippen LogP contribution in [0, 0.1) is 11.8 Å². The van der Waals surface area contributed by atoms with Crippen LogP contribution in [0.1, 0.15) is 73.3 Å². The Morgan fingerprint density at radius 3 is 2.35 bits per heavy atom. The average molecular weight is 548 g/mol. The van der Waals surface area contributed by atoms with Gasteiger partial charge in [-0.2, -0.15) is 0 Å². The number of aromatic nitrogens is 1. The van der Waals surface area contributed by atoms with Gasteiger partial charge in [0.15, 0.2) is 0 Å². The minimum absolute atomic E-state index is 0.0415. The fraction of sp³-hybridized carbons (Fsp3) is 0.500. The van der Waals surface area contributed by atoms with Gasteiger partial charge < -0.3 is 25.5 Å². The third kappa shape index (κ3) is 6.78. The van der Waals surface area contributed by atoms with Crippen molar-refractivity contribution in [3.05, 3.63) is 53.9 Å². The van der Waals surface area contributed by atoms with E-state index in [1.807, 2.05) is 11.0 Å². The van der Waals surface area contributed by atoms with Gasteiger partial charge in [0.2, 0.25) is 11.8 Å². The number of amides is 3. The highest BCUT2D eigenvalue weighted by atomic mass is 16.4. The summed E-state index contributed by atoms with van der Waals surface area (Å²) in [7, 11) is 0. The first-order valence-electron chi connectivity index (χ1n) is 14.3. The highest BCUT2D eigenvalue weighted by molar-refractivity contribution is 6.01. The highest BCUT2D eigenvalue weighted by Crippen LogP contribution is 2.34. The Balaban J connectivity index is 1.36. The quantitative estimate of drug-likeness (QED) is 0.437. The summed E-state index contributed by atoms with van der Waals surface area (Å²) < 4.78 is 0. The lowest BCUT2D eigenvalue weighted by atomic mass is 9.88. The first-order valence-corrected chi connectivity index (χ1v) is 14.3. The van der Waals surface area contributed by atoms with Gasteiger partial charge in [-0.15, -0.1) is 0 Å². The number of rotatable bonds is 9. The van der Waals surface area contributed by atoms with Crippen molar-refractivity contribution in [2.24, 2.45) is 11.8 Å². The number of hydrogen-bond donors (Lipinski definition) is 3. The summed E-state index contributed by atoms with van der Waals surface area (Å²) in [5, 5.41) is 15.3. The molecule has 212 valence electrons. The van der Waals surface area contributed by atoms with Crippen LogP contribution in [0.25, 0.3) is 0 Å². The largest absolute Gasteiger partial charge is 0.481 e. The van der Waals surface area contributed by atoms with Crippen molar-refractivity contribution >= 4 is 35.1 Å². The number of carbonyl (C=O) groups excluding carboxylic acids is 3. The number of aliphatic carboxylic acids is 1. The molecule has 0 bridgehead atoms. The predicted molar refractivity (Wildman–Crippen MR) is 150 cm³/mol. The molecule has 2 saturated carbocycles. The monoisotopic (exact) mass is 547 g/mol. The number of anilines is 2. The Morgan fingerprint density at radius 1 is 0.950 bits per heavy atom. The molecule has 1 aliphatic heterocycles. The maximum Gasteiger partial charge on any atom is 0.305 e. The molecule has 3 fully saturated rings. The van der Waals surface area contributed by atoms with Crippen molar-refractivity contribution in [2.75, 3.05) is 36.4 Å². The summed E-state index contributed by atoms with van der Waals surface area (Å²) in [6, 6.07) is 7.88. The molecule has 1 unspecified atom stereocenters. The molecule has 2 aliphatic carbocycles. The average Bonchev–Trinajstić information content (AvgIpc) is 3.83. The van der Waals surface area contributed by atoms with Gasteiger partial charge >= 0.3 is 5.97 Å². The first kappa shape index (κ1) is 27.6. The standard InChI is InChI=1S/C30H37N5O5/c36-27(37)18-24(23-7-4-12-31-19-23)32-29(39)22-10-11-26(25(17-22)33-28(38)20-5-2-1-3-6-20)34-13-15-35(16-14-34)30(40)21-8-9-21/h4,7,10-12,17,19-21,24H,1-3,5-6,8-9,13-16,18H2,(H,32,39)(H,33,38)(H,36,37). The van der Waals surface area contributed by atoms with Crippen LogP contribution in [0.15, 0.2) is 42.7 Å². The van der Waals surface area contributed by atoms with Crippen molar-refractivity contribution in [3.8, 4) is 0 Å². The number of piperazine rings is 1. The zero-order chi connectivity index (χ0) is 28.1. The van der Waals surface area contributed by atoms with Crippen molar-refractivity contribution in [1.82, 2.24) is 15.2 Å². The SMILES string of the molecule is O=C(O)CC(NC(=O)c1ccc(N2CCN(C(=O)C3CC3)CC2)c(NC(=O)C2CCCCC2)c1)c1cccnc1. The molecule has 40 heavy (non-hydrogen) atoms. The Hall–Kier alpha value is -3.95. The molecular formula is C30H37N5O5. The minimum Gasteiger partial charge on any atom is -0.481 e. The van der Waals surface area contributed by atoms with Crippen molar-refractivity contribution in [2.45, 2.75) is 57.4 Å². The smallest absolute Gasteiger partial charge is 0.305 e. The molecule has 3 N–H and O–H groups in total. The van der Waals surface area contributed by atoms with Gasteiger partial charge in [-0.3, -0.25) is 24.2 Å². The second-order valence-corrected chi connectivity index (χ2v) is 11.1. The van der Waals surface area contributed by atoms with E-state index in [9.17, 15) is 24.3 Å². The van der Waals surface area contributed by atoms with Crippen LogP contribution >= 0.6 is 0 Å². The van der Waals surface area contributed by atoms with E-state index in [1.54, 1.807) is 36.7 Å². The molecule has 1 aromatic carbocycles. The molecular weight excluding hydrogens is 510 g/mol. The molecule has 3 amide bonds. The molecule has 2 aromatic rings. The Bertz CT molecular complexity index is 1230. The Morgan fingerprint density at radius 2 is 1.70 bits per heavy atom. The highest BCUT2D eigenvalue weighted by Gasteiger charge is 2.35. The Labute approximate surface area is 234 Å². The van der Waals surface area contributed by atoms with Crippen LogP contribution in [0.5, 0.6) is 0 Å². The van der Waals surface area contributed by atoms with Crippen molar-refractivity contribution < 1.29 is 24.3 Å². The fourth-order valence-corrected chi connectivity index (χ4v) is 5.66. The number of carbonyl (C=O) groups is 4. The van der Waals surface area contributed by atoms with Crippen LogP contribution in [0.2, 0.25) is 0 Å². The van der Waals surface area contributed by atoms with Gasteiger partial charge in [-0.25, -0.2) is 0 Å². The van der Waals surface area contributed by atoms with Crippen LogP contribution < -0.4 is 15.5 Å². The zero-order valence-electron chi connectivity index (χ0n) is 22.7. The molecule has 3 aliphatic rings. The predicted octanol–water partition coefficient (Wildman–Crippen LogP) is 3.60. The summed E-state index contributed by atoms with van der Waals surface area (Å²) in [6.45, 7) is 2.51. The summed E-state index contributed by atoms with van der Waals surface area (Å²) in [5.41, 5.74) is 2.29. The van der Waals surface area contributed by atoms with Crippen LogP contribution in [-0.2, 0) is 14.4 Å². The summed E-state index contributed by atoms with van der Waals surface area (Å²) >= 11 is 0. The minimum atomic E-state index is -1.04. The Kier molecular flexibility index (Phi) is 8.62. The van der Waals surface area contributed by atoms with Crippen molar-refractivity contribution in [1.29, 1.82) is 0 Å². The van der Waals surface area contributed by atoms with Gasteiger partial charge in [0.25, 0.3) is 5.91 Å². The van der Waals surface area contributed by atoms with Crippen LogP contribution in [-0.4, -0.2) is 64.9 Å². The van der Waals surface area contributed by atoms with E-state index in [-0.39, 0.29) is 30.1 Å². The zero-order valence-corrected chi connectivity index (χ0v) is 22.7. The lowest BCUT2D eigenvalue weighted by Gasteiger charge is -2.37. The molecule has 1 aromatic heterocycles. The number of pyridine rings is 1. The fourth-order valence-electron chi connectivity index (χ4n) is 5.66. The van der Waals surface area contributed by atoms with E-state index >= 15 is 0 Å². The first-order chi connectivity index (χ1) is 19.4. The van der Waals surface area contributed by atoms with Gasteiger partial charge in [-0.05, 0) is 55.5 Å². The van der Waals surface area contributed by atoms with Gasteiger partial charge in [0.05, 0.1) is 23.8 Å². The lowest BCUT2D eigenvalue weighted by Crippen LogP contribution is -2.49. The van der Waals surface area contributed by atoms with Crippen molar-refractivity contribution in [3.63, 3.8) is 0 Å². The summed E-state index contributed by atoms with van der Waals surface area (Å²) in [6.07, 6.45) is 9.71. The summed E-state index contributed by atoms with van der Waals surface area (Å²) in [4.78, 5) is 58.7. The van der Waals surface area contributed by atoms with Crippen LogP contribution in [0.3, 0.4) is 0 Å². The number of carboxylic acid groups (broad SMARTS) is 1. The van der Waals surface area contributed by atoms with E-state index in [1.165, 1.54) is 0 Å². The molecule has 2 heterocycles. The van der Waals surface area contributed by atoms with Gasteiger partial charge in [0, 0.05) is 56.0 Å². The molecule has 10 nitrogen and oxygen atoms in total. The second-order valence-electron chi connectivity index (χ2n) is 11.1. The number of carboxylic acids is 1. The van der Waals surface area contributed by atoms with Gasteiger partial charge in [-0.1, -0.05) is 25.3 Å².